The summed E-state index contributed by atoms with van der Waals surface area (Å²) in [7, 11) is -9.66. The molecule has 2 aliphatic heterocycles. The maximum absolute atomic E-state index is 11.8. The number of carbonyl (C=O) groups is 6. The number of hydrogen-bond acceptors (Lipinski definition) is 12. The van der Waals surface area contributed by atoms with E-state index >= 15 is 0 Å². The molecule has 0 aromatic rings. The number of hydroxylamine groups is 4. The fourth-order valence-corrected chi connectivity index (χ4v) is 4.42. The van der Waals surface area contributed by atoms with Crippen LogP contribution in [0.3, 0.4) is 0 Å². The molecule has 0 spiro atoms. The minimum atomic E-state index is -4.83. The quantitative estimate of drug-likeness (QED) is 0.118. The van der Waals surface area contributed by atoms with Crippen LogP contribution in [0.15, 0.2) is 0 Å². The second kappa shape index (κ2) is 12.3. The molecule has 2 unspecified atom stereocenters. The van der Waals surface area contributed by atoms with Crippen LogP contribution in [0.4, 0.5) is 0 Å². The van der Waals surface area contributed by atoms with Crippen LogP contribution in [-0.4, -0.2) is 112 Å². The predicted molar refractivity (Wildman–Crippen MR) is 111 cm³/mol. The molecule has 192 valence electrons. The average Bonchev–Trinajstić information content (AvgIpc) is 3.15. The Balaban J connectivity index is 0.00000612. The number of rotatable bonds is 11. The molecule has 0 aliphatic carbocycles. The third kappa shape index (κ3) is 8.29. The maximum atomic E-state index is 11.8. The molecule has 0 bridgehead atoms. The molecule has 2 fully saturated rings. The van der Waals surface area contributed by atoms with E-state index in [1.165, 1.54) is 0 Å². The van der Waals surface area contributed by atoms with E-state index in [9.17, 15) is 45.6 Å². The Morgan fingerprint density at radius 3 is 1.29 bits per heavy atom. The molecule has 2 rings (SSSR count). The van der Waals surface area contributed by atoms with Crippen LogP contribution in [0, 0.1) is 0 Å². The summed E-state index contributed by atoms with van der Waals surface area (Å²) >= 11 is 0. The molecule has 2 saturated heterocycles. The van der Waals surface area contributed by atoms with E-state index in [4.69, 9.17) is 9.11 Å². The van der Waals surface area contributed by atoms with Gasteiger partial charge in [-0.3, -0.25) is 28.3 Å². The van der Waals surface area contributed by atoms with Crippen LogP contribution in [0.1, 0.15) is 51.4 Å². The Morgan fingerprint density at radius 2 is 1.03 bits per heavy atom. The molecule has 0 aromatic carbocycles. The summed E-state index contributed by atoms with van der Waals surface area (Å²) in [6.45, 7) is 0. The van der Waals surface area contributed by atoms with Crippen LogP contribution < -0.4 is 0 Å². The molecule has 0 aromatic heterocycles. The monoisotopic (exact) mass is 552 g/mol. The van der Waals surface area contributed by atoms with Gasteiger partial charge in [0.2, 0.25) is 0 Å². The number of carbonyl (C=O) groups excluding carboxylic acids is 6. The van der Waals surface area contributed by atoms with Gasteiger partial charge in [-0.25, -0.2) is 9.59 Å². The van der Waals surface area contributed by atoms with Crippen molar-refractivity contribution >= 4 is 85.4 Å². The molecule has 2 atom stereocenters. The summed E-state index contributed by atoms with van der Waals surface area (Å²) in [5, 5.41) is -4.08. The molecule has 19 heteroatoms. The fraction of sp³-hybridized carbons (Fsp3) is 0.625. The first-order chi connectivity index (χ1) is 15.6. The van der Waals surface area contributed by atoms with Gasteiger partial charge < -0.3 is 9.68 Å². The molecule has 35 heavy (non-hydrogen) atoms. The van der Waals surface area contributed by atoms with Crippen LogP contribution in [0.5, 0.6) is 0 Å². The summed E-state index contributed by atoms with van der Waals surface area (Å²) in [6, 6.07) is 0. The number of unbranched alkanes of at least 4 members (excludes halogenated alkanes) is 3. The Labute approximate surface area is 220 Å². The molecule has 0 radical (unpaired) electrons. The summed E-state index contributed by atoms with van der Waals surface area (Å²) in [5.74, 6) is -6.96. The first-order valence-corrected chi connectivity index (χ1v) is 12.7. The first kappa shape index (κ1) is 31.1. The Bertz CT molecular complexity index is 1030. The van der Waals surface area contributed by atoms with Gasteiger partial charge in [-0.05, 0) is 12.8 Å². The molecule has 0 saturated carbocycles. The predicted octanol–water partition coefficient (Wildman–Crippen LogP) is -2.37. The van der Waals surface area contributed by atoms with Crippen molar-refractivity contribution in [2.24, 2.45) is 0 Å². The van der Waals surface area contributed by atoms with Crippen molar-refractivity contribution < 1.29 is 64.4 Å². The van der Waals surface area contributed by atoms with Crippen LogP contribution in [0.25, 0.3) is 0 Å². The van der Waals surface area contributed by atoms with Gasteiger partial charge in [-0.1, -0.05) is 12.8 Å². The SMILES string of the molecule is O=C(CCCCCCC(=O)ON1C(=O)CC(S(=O)(=O)O)C1=O)ON1C(=O)CC(S(=O)(=O)O)C1=O.[NaH]. The standard InChI is InChI=1S/C16H20N2O14S2.Na.H/c19-11-7-9(33(25,26)27)15(23)17(11)31-13(21)5-3-1-2-4-6-14(22)32-18-12(20)8-10(16(18)24)34(28,29)30;;/h9-10H,1-8H2,(H,25,26,27)(H,28,29,30);;. The summed E-state index contributed by atoms with van der Waals surface area (Å²) in [6.07, 6.45) is -1.10. The molecule has 2 aliphatic rings. The van der Waals surface area contributed by atoms with Crippen molar-refractivity contribution in [2.45, 2.75) is 61.9 Å². The van der Waals surface area contributed by atoms with Gasteiger partial charge in [0.1, 0.15) is 0 Å². The Morgan fingerprint density at radius 1 is 0.714 bits per heavy atom. The zero-order chi connectivity index (χ0) is 25.8. The second-order valence-corrected chi connectivity index (χ2v) is 10.5. The third-order valence-electron chi connectivity index (χ3n) is 4.74. The van der Waals surface area contributed by atoms with E-state index in [1.807, 2.05) is 0 Å². The van der Waals surface area contributed by atoms with E-state index in [1.54, 1.807) is 0 Å². The molecular weight excluding hydrogens is 531 g/mol. The van der Waals surface area contributed by atoms with E-state index in [0.29, 0.717) is 12.8 Å². The minimum absolute atomic E-state index is 0. The third-order valence-corrected chi connectivity index (χ3v) is 6.92. The van der Waals surface area contributed by atoms with Gasteiger partial charge in [0.25, 0.3) is 43.9 Å². The molecular formula is C16H21N2NaO14S2. The summed E-state index contributed by atoms with van der Waals surface area (Å²) in [4.78, 5) is 79.4. The number of hydrogen-bond donors (Lipinski definition) is 2. The van der Waals surface area contributed by atoms with Crippen molar-refractivity contribution in [3.63, 3.8) is 0 Å². The summed E-state index contributed by atoms with van der Waals surface area (Å²) in [5.41, 5.74) is 0. The van der Waals surface area contributed by atoms with Crippen LogP contribution in [0.2, 0.25) is 0 Å². The zero-order valence-electron chi connectivity index (χ0n) is 17.3. The number of amides is 4. The zero-order valence-corrected chi connectivity index (χ0v) is 18.9. The van der Waals surface area contributed by atoms with Crippen molar-refractivity contribution in [1.29, 1.82) is 0 Å². The Kier molecular flexibility index (Phi) is 10.9. The van der Waals surface area contributed by atoms with E-state index < -0.39 is 79.1 Å². The number of nitrogens with zero attached hydrogens (tertiary/aromatic N) is 2. The second-order valence-electron chi connectivity index (χ2n) is 7.31. The molecule has 16 nitrogen and oxygen atoms in total. The molecule has 2 N–H and O–H groups in total. The summed E-state index contributed by atoms with van der Waals surface area (Å²) < 4.78 is 61.9. The first-order valence-electron chi connectivity index (χ1n) is 9.70. The van der Waals surface area contributed by atoms with Crippen LogP contribution >= 0.6 is 0 Å². The molecule has 2 heterocycles. The fourth-order valence-electron chi connectivity index (χ4n) is 3.01. The van der Waals surface area contributed by atoms with E-state index in [2.05, 4.69) is 9.68 Å². The van der Waals surface area contributed by atoms with Crippen molar-refractivity contribution in [3.05, 3.63) is 0 Å². The van der Waals surface area contributed by atoms with Gasteiger partial charge in [-0.15, -0.1) is 10.1 Å². The van der Waals surface area contributed by atoms with Gasteiger partial charge in [0.05, 0.1) is 12.8 Å². The topological polar surface area (TPSA) is 236 Å². The van der Waals surface area contributed by atoms with Gasteiger partial charge in [0, 0.05) is 12.8 Å². The van der Waals surface area contributed by atoms with Crippen molar-refractivity contribution in [1.82, 2.24) is 10.1 Å². The van der Waals surface area contributed by atoms with Crippen molar-refractivity contribution in [2.75, 3.05) is 0 Å². The average molecular weight is 552 g/mol. The number of imide groups is 2. The van der Waals surface area contributed by atoms with Crippen molar-refractivity contribution in [3.8, 4) is 0 Å². The van der Waals surface area contributed by atoms with E-state index in [-0.39, 0.29) is 65.4 Å². The molecule has 4 amide bonds. The Hall–Kier alpha value is -1.96. The van der Waals surface area contributed by atoms with Gasteiger partial charge >= 0.3 is 41.5 Å². The van der Waals surface area contributed by atoms with Gasteiger partial charge in [0.15, 0.2) is 10.5 Å². The van der Waals surface area contributed by atoms with Crippen LogP contribution in [-0.2, 0) is 58.7 Å². The van der Waals surface area contributed by atoms with Gasteiger partial charge in [-0.2, -0.15) is 16.8 Å². The normalized spacial score (nSPS) is 20.7. The van der Waals surface area contributed by atoms with E-state index in [0.717, 1.165) is 0 Å².